The minimum absolute atomic E-state index is 0. The van der Waals surface area contributed by atoms with Crippen molar-refractivity contribution in [1.29, 1.82) is 0 Å². The van der Waals surface area contributed by atoms with Crippen LogP contribution < -0.4 is 19.9 Å². The van der Waals surface area contributed by atoms with E-state index in [4.69, 9.17) is 19.9 Å². The van der Waals surface area contributed by atoms with Crippen LogP contribution in [0.5, 0.6) is 17.2 Å². The van der Waals surface area contributed by atoms with Crippen molar-refractivity contribution in [3.05, 3.63) is 17.7 Å². The predicted molar refractivity (Wildman–Crippen MR) is 74.8 cm³/mol. The summed E-state index contributed by atoms with van der Waals surface area (Å²) in [6.07, 6.45) is -1.96. The van der Waals surface area contributed by atoms with Crippen LogP contribution in [-0.2, 0) is 9.53 Å². The van der Waals surface area contributed by atoms with Gasteiger partial charge in [-0.3, -0.25) is 0 Å². The molecule has 1 aromatic carbocycles. The lowest BCUT2D eigenvalue weighted by Crippen LogP contribution is -2.31. The first-order valence-electron chi connectivity index (χ1n) is 6.12. The molecule has 2 N–H and O–H groups in total. The number of hydrogen-bond acceptors (Lipinski definition) is 6. The minimum atomic E-state index is -1.96. The van der Waals surface area contributed by atoms with E-state index in [1.54, 1.807) is 6.92 Å². The van der Waals surface area contributed by atoms with Gasteiger partial charge in [0.05, 0.1) is 19.8 Å². The molecule has 0 saturated heterocycles. The van der Waals surface area contributed by atoms with Crippen molar-refractivity contribution in [2.24, 2.45) is 5.73 Å². The van der Waals surface area contributed by atoms with Gasteiger partial charge in [0.25, 0.3) is 0 Å². The summed E-state index contributed by atoms with van der Waals surface area (Å²) in [5.41, 5.74) is 6.13. The predicted octanol–water partition coefficient (Wildman–Crippen LogP) is 1.75. The Morgan fingerprint density at radius 2 is 2.19 bits per heavy atom. The molecule has 6 nitrogen and oxygen atoms in total. The van der Waals surface area contributed by atoms with Gasteiger partial charge in [-0.05, 0) is 24.6 Å². The maximum Gasteiger partial charge on any atom is 0.342 e. The number of methoxy groups -OCH3 is 1. The molecule has 0 aromatic heterocycles. The van der Waals surface area contributed by atoms with Gasteiger partial charge < -0.3 is 24.7 Å². The van der Waals surface area contributed by atoms with Gasteiger partial charge >= 0.3 is 5.97 Å². The summed E-state index contributed by atoms with van der Waals surface area (Å²) in [4.78, 5) is 11.4. The molecule has 0 saturated carbocycles. The largest absolute Gasteiger partial charge is 0.493 e. The van der Waals surface area contributed by atoms with Crippen molar-refractivity contribution in [3.63, 3.8) is 0 Å². The molecular formula is C13H17ClFNO5. The van der Waals surface area contributed by atoms with E-state index in [-0.39, 0.29) is 25.8 Å². The lowest BCUT2D eigenvalue weighted by molar-refractivity contribution is -0.149. The second kappa shape index (κ2) is 7.33. The highest BCUT2D eigenvalue weighted by atomic mass is 35.5. The molecule has 0 spiro atoms. The first-order chi connectivity index (χ1) is 9.58. The van der Waals surface area contributed by atoms with Crippen LogP contribution in [0.1, 0.15) is 18.5 Å². The maximum absolute atomic E-state index is 13.9. The Labute approximate surface area is 127 Å². The number of alkyl halides is 1. The number of halogens is 2. The third-order valence-corrected chi connectivity index (χ3v) is 2.89. The Bertz CT molecular complexity index is 514. The zero-order valence-corrected chi connectivity index (χ0v) is 12.4. The Balaban J connectivity index is 0.00000220. The Morgan fingerprint density at radius 3 is 2.81 bits per heavy atom. The summed E-state index contributed by atoms with van der Waals surface area (Å²) in [6, 6.07) is 1.88. The highest BCUT2D eigenvalue weighted by Crippen LogP contribution is 2.43. The van der Waals surface area contributed by atoms with Crippen molar-refractivity contribution in [2.75, 3.05) is 20.5 Å². The van der Waals surface area contributed by atoms with E-state index in [9.17, 15) is 9.18 Å². The quantitative estimate of drug-likeness (QED) is 0.832. The molecule has 1 aliphatic heterocycles. The fraction of sp³-hybridized carbons (Fsp3) is 0.462. The molecule has 0 aliphatic carbocycles. The summed E-state index contributed by atoms with van der Waals surface area (Å²) in [6.45, 7) is 1.75. The molecule has 1 aliphatic rings. The van der Waals surface area contributed by atoms with Crippen LogP contribution in [0.25, 0.3) is 0 Å². The molecule has 0 bridgehead atoms. The number of hydrogen-bond donors (Lipinski definition) is 1. The molecule has 118 valence electrons. The van der Waals surface area contributed by atoms with Gasteiger partial charge in [-0.1, -0.05) is 0 Å². The number of carbonyl (C=O) groups is 1. The van der Waals surface area contributed by atoms with Gasteiger partial charge in [0.15, 0.2) is 11.5 Å². The van der Waals surface area contributed by atoms with Gasteiger partial charge in [0.2, 0.25) is 18.7 Å². The average molecular weight is 322 g/mol. The number of ether oxygens (including phenoxy) is 4. The second-order valence-electron chi connectivity index (χ2n) is 4.14. The third-order valence-electron chi connectivity index (χ3n) is 2.89. The van der Waals surface area contributed by atoms with Crippen LogP contribution in [0, 0.1) is 0 Å². The van der Waals surface area contributed by atoms with Gasteiger partial charge in [-0.25, -0.2) is 9.18 Å². The fourth-order valence-corrected chi connectivity index (χ4v) is 1.88. The van der Waals surface area contributed by atoms with Crippen LogP contribution in [0.4, 0.5) is 4.39 Å². The van der Waals surface area contributed by atoms with Crippen LogP contribution >= 0.6 is 12.4 Å². The highest BCUT2D eigenvalue weighted by molar-refractivity contribution is 5.85. The molecule has 2 atom stereocenters. The topological polar surface area (TPSA) is 80.0 Å². The van der Waals surface area contributed by atoms with Crippen molar-refractivity contribution in [2.45, 2.75) is 19.1 Å². The average Bonchev–Trinajstić information content (AvgIpc) is 2.93. The van der Waals surface area contributed by atoms with Crippen LogP contribution in [0.3, 0.4) is 0 Å². The van der Waals surface area contributed by atoms with Crippen LogP contribution in [0.15, 0.2) is 12.1 Å². The number of rotatable bonds is 5. The maximum atomic E-state index is 13.9. The van der Waals surface area contributed by atoms with E-state index in [0.717, 1.165) is 0 Å². The first-order valence-corrected chi connectivity index (χ1v) is 6.12. The standard InChI is InChI=1S/C13H16FNO5.ClH/c1-3-18-13(16)10(14)11(15)7-4-8(17-2)12-9(5-7)19-6-20-12;/h4-5,10-11H,3,6,15H2,1-2H3;1H/t10?,11-;/m0./s1. The Kier molecular flexibility index (Phi) is 6.04. The van der Waals surface area contributed by atoms with Gasteiger partial charge in [-0.2, -0.15) is 0 Å². The lowest BCUT2D eigenvalue weighted by Gasteiger charge is -2.17. The molecular weight excluding hydrogens is 305 g/mol. The van der Waals surface area contributed by atoms with Crippen LogP contribution in [-0.4, -0.2) is 32.7 Å². The molecule has 0 radical (unpaired) electrons. The van der Waals surface area contributed by atoms with Crippen molar-refractivity contribution in [3.8, 4) is 17.2 Å². The molecule has 8 heteroatoms. The molecule has 21 heavy (non-hydrogen) atoms. The van der Waals surface area contributed by atoms with Crippen molar-refractivity contribution < 1.29 is 28.1 Å². The van der Waals surface area contributed by atoms with Gasteiger partial charge in [0.1, 0.15) is 0 Å². The zero-order valence-electron chi connectivity index (χ0n) is 11.6. The zero-order chi connectivity index (χ0) is 14.7. The van der Waals surface area contributed by atoms with E-state index in [1.807, 2.05) is 0 Å². The number of carbonyl (C=O) groups excluding carboxylic acids is 1. The van der Waals surface area contributed by atoms with Gasteiger partial charge in [-0.15, -0.1) is 12.4 Å². The summed E-state index contributed by atoms with van der Waals surface area (Å²) in [5, 5.41) is 0. The van der Waals surface area contributed by atoms with E-state index in [1.165, 1.54) is 19.2 Å². The Hall–Kier alpha value is -1.73. The number of nitrogens with two attached hydrogens (primary N) is 1. The van der Waals surface area contributed by atoms with E-state index >= 15 is 0 Å². The fourth-order valence-electron chi connectivity index (χ4n) is 1.88. The van der Waals surface area contributed by atoms with E-state index in [2.05, 4.69) is 4.74 Å². The SMILES string of the molecule is CCOC(=O)C(F)[C@@H](N)c1cc(OC)c2c(c1)OCO2.Cl. The molecule has 2 rings (SSSR count). The third kappa shape index (κ3) is 3.48. The van der Waals surface area contributed by atoms with E-state index in [0.29, 0.717) is 22.8 Å². The van der Waals surface area contributed by atoms with Crippen molar-refractivity contribution in [1.82, 2.24) is 0 Å². The molecule has 0 fully saturated rings. The monoisotopic (exact) mass is 321 g/mol. The van der Waals surface area contributed by atoms with Crippen LogP contribution in [0.2, 0.25) is 0 Å². The summed E-state index contributed by atoms with van der Waals surface area (Å²) in [5.74, 6) is 0.235. The molecule has 1 aromatic rings. The second-order valence-corrected chi connectivity index (χ2v) is 4.14. The number of esters is 1. The highest BCUT2D eigenvalue weighted by Gasteiger charge is 2.30. The summed E-state index contributed by atoms with van der Waals surface area (Å²) >= 11 is 0. The first kappa shape index (κ1) is 17.3. The minimum Gasteiger partial charge on any atom is -0.493 e. The number of benzene rings is 1. The number of fused-ring (bicyclic) bond motifs is 1. The molecule has 1 unspecified atom stereocenters. The van der Waals surface area contributed by atoms with E-state index < -0.39 is 18.2 Å². The normalized spacial score (nSPS) is 14.9. The summed E-state index contributed by atoms with van der Waals surface area (Å²) in [7, 11) is 1.45. The molecule has 0 amide bonds. The summed E-state index contributed by atoms with van der Waals surface area (Å²) < 4.78 is 34.1. The Morgan fingerprint density at radius 1 is 1.48 bits per heavy atom. The smallest absolute Gasteiger partial charge is 0.342 e. The lowest BCUT2D eigenvalue weighted by atomic mass is 10.0. The van der Waals surface area contributed by atoms with Gasteiger partial charge in [0, 0.05) is 0 Å². The van der Waals surface area contributed by atoms with Crippen molar-refractivity contribution >= 4 is 18.4 Å². The molecule has 1 heterocycles.